The number of para-hydroxylation sites is 1. The lowest BCUT2D eigenvalue weighted by Gasteiger charge is -2.10. The predicted molar refractivity (Wildman–Crippen MR) is 64.8 cm³/mol. The Morgan fingerprint density at radius 1 is 1.16 bits per heavy atom. The normalized spacial score (nSPS) is 10.3. The number of aromatic carboxylic acids is 1. The fourth-order valence-electron chi connectivity index (χ4n) is 1.44. The maximum absolute atomic E-state index is 13.0. The highest BCUT2D eigenvalue weighted by atomic mass is 35.5. The van der Waals surface area contributed by atoms with Gasteiger partial charge < -0.3 is 9.84 Å². The Balaban J connectivity index is 2.42. The summed E-state index contributed by atoms with van der Waals surface area (Å²) < 4.78 is 31.0. The average Bonchev–Trinajstić information content (AvgIpc) is 2.36. The van der Waals surface area contributed by atoms with Crippen LogP contribution in [-0.4, -0.2) is 11.1 Å². The third-order valence-corrected chi connectivity index (χ3v) is 2.61. The maximum Gasteiger partial charge on any atom is 0.339 e. The van der Waals surface area contributed by atoms with Crippen LogP contribution in [0.1, 0.15) is 10.4 Å². The van der Waals surface area contributed by atoms with Gasteiger partial charge in [0.2, 0.25) is 0 Å². The molecule has 0 atom stereocenters. The van der Waals surface area contributed by atoms with Gasteiger partial charge in [-0.25, -0.2) is 13.6 Å². The van der Waals surface area contributed by atoms with Gasteiger partial charge in [0.05, 0.1) is 5.02 Å². The molecule has 2 aromatic rings. The molecule has 0 aliphatic carbocycles. The highest BCUT2D eigenvalue weighted by molar-refractivity contribution is 6.32. The van der Waals surface area contributed by atoms with Crippen LogP contribution in [0.4, 0.5) is 8.78 Å². The topological polar surface area (TPSA) is 46.5 Å². The highest BCUT2D eigenvalue weighted by Gasteiger charge is 2.16. The first-order chi connectivity index (χ1) is 8.99. The lowest BCUT2D eigenvalue weighted by atomic mass is 10.2. The first-order valence-electron chi connectivity index (χ1n) is 5.13. The summed E-state index contributed by atoms with van der Waals surface area (Å²) in [6.45, 7) is 0. The zero-order valence-electron chi connectivity index (χ0n) is 9.36. The average molecular weight is 285 g/mol. The van der Waals surface area contributed by atoms with E-state index in [1.54, 1.807) is 0 Å². The lowest BCUT2D eigenvalue weighted by Crippen LogP contribution is -2.00. The van der Waals surface area contributed by atoms with E-state index in [1.165, 1.54) is 24.3 Å². The summed E-state index contributed by atoms with van der Waals surface area (Å²) in [6.07, 6.45) is 0. The van der Waals surface area contributed by atoms with E-state index >= 15 is 0 Å². The molecule has 0 spiro atoms. The Kier molecular flexibility index (Phi) is 3.66. The van der Waals surface area contributed by atoms with Crippen molar-refractivity contribution in [3.05, 3.63) is 58.6 Å². The zero-order chi connectivity index (χ0) is 14.0. The van der Waals surface area contributed by atoms with Crippen LogP contribution < -0.4 is 4.74 Å². The number of carboxylic acids is 1. The summed E-state index contributed by atoms with van der Waals surface area (Å²) >= 11 is 5.84. The number of hydrogen-bond acceptors (Lipinski definition) is 2. The molecule has 0 aliphatic rings. The zero-order valence-corrected chi connectivity index (χ0v) is 10.1. The molecule has 0 aliphatic heterocycles. The van der Waals surface area contributed by atoms with Crippen molar-refractivity contribution in [1.82, 2.24) is 0 Å². The quantitative estimate of drug-likeness (QED) is 0.922. The van der Waals surface area contributed by atoms with E-state index in [-0.39, 0.29) is 22.1 Å². The first kappa shape index (κ1) is 13.3. The molecule has 6 heteroatoms. The number of halogens is 3. The molecule has 0 saturated carbocycles. The number of carboxylic acid groups (broad SMARTS) is 1. The van der Waals surface area contributed by atoms with Crippen LogP contribution in [0.25, 0.3) is 0 Å². The number of hydrogen-bond donors (Lipinski definition) is 1. The van der Waals surface area contributed by atoms with Crippen molar-refractivity contribution >= 4 is 17.6 Å². The van der Waals surface area contributed by atoms with Crippen LogP contribution in [0.2, 0.25) is 5.02 Å². The number of carbonyl (C=O) groups is 1. The summed E-state index contributed by atoms with van der Waals surface area (Å²) in [4.78, 5) is 11.0. The minimum absolute atomic E-state index is 0.0468. The van der Waals surface area contributed by atoms with Crippen molar-refractivity contribution in [3.8, 4) is 11.5 Å². The Labute approximate surface area is 112 Å². The lowest BCUT2D eigenvalue weighted by molar-refractivity contribution is 0.0694. The van der Waals surface area contributed by atoms with Crippen LogP contribution in [0.5, 0.6) is 11.5 Å². The first-order valence-corrected chi connectivity index (χ1v) is 5.51. The standard InChI is InChI=1S/C13H7ClF2O3/c14-9-3-1-2-8(13(17)18)12(9)19-7-4-5-10(15)11(16)6-7/h1-6H,(H,17,18). The van der Waals surface area contributed by atoms with Gasteiger partial charge in [-0.15, -0.1) is 0 Å². The van der Waals surface area contributed by atoms with Gasteiger partial charge >= 0.3 is 5.97 Å². The van der Waals surface area contributed by atoms with Crippen molar-refractivity contribution in [2.45, 2.75) is 0 Å². The van der Waals surface area contributed by atoms with Crippen LogP contribution in [0.3, 0.4) is 0 Å². The summed E-state index contributed by atoms with van der Waals surface area (Å²) in [6, 6.07) is 7.04. The molecule has 0 heterocycles. The summed E-state index contributed by atoms with van der Waals surface area (Å²) in [5, 5.41) is 9.05. The molecule has 2 rings (SSSR count). The minimum atomic E-state index is -1.24. The van der Waals surface area contributed by atoms with Crippen molar-refractivity contribution in [3.63, 3.8) is 0 Å². The van der Waals surface area contributed by atoms with E-state index < -0.39 is 17.6 Å². The number of benzene rings is 2. The van der Waals surface area contributed by atoms with E-state index in [0.29, 0.717) is 0 Å². The van der Waals surface area contributed by atoms with E-state index in [2.05, 4.69) is 0 Å². The van der Waals surface area contributed by atoms with Crippen molar-refractivity contribution in [2.75, 3.05) is 0 Å². The van der Waals surface area contributed by atoms with E-state index in [0.717, 1.165) is 12.1 Å². The minimum Gasteiger partial charge on any atom is -0.478 e. The van der Waals surface area contributed by atoms with E-state index in [9.17, 15) is 13.6 Å². The molecular weight excluding hydrogens is 278 g/mol. The SMILES string of the molecule is O=C(O)c1cccc(Cl)c1Oc1ccc(F)c(F)c1. The Morgan fingerprint density at radius 3 is 2.53 bits per heavy atom. The molecule has 0 saturated heterocycles. The molecular formula is C13H7ClF2O3. The van der Waals surface area contributed by atoms with Crippen molar-refractivity contribution in [1.29, 1.82) is 0 Å². The van der Waals surface area contributed by atoms with E-state index in [1.807, 2.05) is 0 Å². The van der Waals surface area contributed by atoms with Crippen LogP contribution in [0.15, 0.2) is 36.4 Å². The van der Waals surface area contributed by atoms with Crippen LogP contribution in [-0.2, 0) is 0 Å². The number of ether oxygens (including phenoxy) is 1. The molecule has 0 unspecified atom stereocenters. The van der Waals surface area contributed by atoms with E-state index in [4.69, 9.17) is 21.4 Å². The molecule has 3 nitrogen and oxygen atoms in total. The largest absolute Gasteiger partial charge is 0.478 e. The maximum atomic E-state index is 13.0. The van der Waals surface area contributed by atoms with Gasteiger partial charge in [0.25, 0.3) is 0 Å². The highest BCUT2D eigenvalue weighted by Crippen LogP contribution is 2.33. The molecule has 98 valence electrons. The van der Waals surface area contributed by atoms with Gasteiger partial charge in [0.1, 0.15) is 11.3 Å². The molecule has 19 heavy (non-hydrogen) atoms. The molecule has 0 radical (unpaired) electrons. The molecule has 0 bridgehead atoms. The van der Waals surface area contributed by atoms with Gasteiger partial charge in [-0.2, -0.15) is 0 Å². The van der Waals surface area contributed by atoms with Crippen molar-refractivity contribution < 1.29 is 23.4 Å². The second kappa shape index (κ2) is 5.24. The predicted octanol–water partition coefficient (Wildman–Crippen LogP) is 4.11. The molecule has 0 fully saturated rings. The molecule has 2 aromatic carbocycles. The summed E-state index contributed by atoms with van der Waals surface area (Å²) in [7, 11) is 0. The van der Waals surface area contributed by atoms with Gasteiger partial charge in [-0.3, -0.25) is 0 Å². The van der Waals surface area contributed by atoms with Gasteiger partial charge in [0, 0.05) is 6.07 Å². The van der Waals surface area contributed by atoms with Gasteiger partial charge in [0.15, 0.2) is 17.4 Å². The number of rotatable bonds is 3. The van der Waals surface area contributed by atoms with Gasteiger partial charge in [-0.1, -0.05) is 17.7 Å². The van der Waals surface area contributed by atoms with Crippen LogP contribution >= 0.6 is 11.6 Å². The Hall–Kier alpha value is -2.14. The summed E-state index contributed by atoms with van der Waals surface area (Å²) in [5.41, 5.74) is -0.169. The fourth-order valence-corrected chi connectivity index (χ4v) is 1.65. The monoisotopic (exact) mass is 284 g/mol. The summed E-state index contributed by atoms with van der Waals surface area (Å²) in [5.74, 6) is -3.52. The Bertz CT molecular complexity index is 644. The fraction of sp³-hybridized carbons (Fsp3) is 0. The molecule has 1 N–H and O–H groups in total. The second-order valence-electron chi connectivity index (χ2n) is 3.60. The van der Waals surface area contributed by atoms with Crippen LogP contribution in [0, 0.1) is 11.6 Å². The smallest absolute Gasteiger partial charge is 0.339 e. The van der Waals surface area contributed by atoms with Gasteiger partial charge in [-0.05, 0) is 24.3 Å². The third-order valence-electron chi connectivity index (χ3n) is 2.31. The molecule has 0 amide bonds. The van der Waals surface area contributed by atoms with Crippen molar-refractivity contribution in [2.24, 2.45) is 0 Å². The second-order valence-corrected chi connectivity index (χ2v) is 4.01. The third kappa shape index (κ3) is 2.82. The Morgan fingerprint density at radius 2 is 1.89 bits per heavy atom. The molecule has 0 aromatic heterocycles.